The van der Waals surface area contributed by atoms with Crippen LogP contribution in [0.5, 0.6) is 0 Å². The molecule has 1 unspecified atom stereocenters. The number of aromatic nitrogens is 1. The van der Waals surface area contributed by atoms with Gasteiger partial charge in [0, 0.05) is 24.7 Å². The van der Waals surface area contributed by atoms with Crippen LogP contribution in [0, 0.1) is 11.7 Å². The van der Waals surface area contributed by atoms with Crippen LogP contribution in [0.2, 0.25) is 0 Å². The molecule has 1 fully saturated rings. The summed E-state index contributed by atoms with van der Waals surface area (Å²) in [4.78, 5) is 18.6. The maximum absolute atomic E-state index is 13.3. The molecule has 0 radical (unpaired) electrons. The number of carbonyl (C=O) groups excluding carboxylic acids is 1. The fraction of sp³-hybridized carbons (Fsp3) is 0.375. The Morgan fingerprint density at radius 2 is 2.25 bits per heavy atom. The molecular weight excluding hydrogens is 255 g/mol. The van der Waals surface area contributed by atoms with Gasteiger partial charge in [-0.2, -0.15) is 0 Å². The molecule has 3 rings (SSSR count). The molecule has 0 bridgehead atoms. The number of pyridine rings is 1. The molecule has 0 spiro atoms. The Balaban J connectivity index is 1.91. The fourth-order valence-electron chi connectivity index (χ4n) is 2.78. The van der Waals surface area contributed by atoms with Crippen molar-refractivity contribution in [3.05, 3.63) is 41.8 Å². The van der Waals surface area contributed by atoms with Crippen LogP contribution in [0.1, 0.15) is 30.1 Å². The number of carbonyl (C=O) groups is 1. The van der Waals surface area contributed by atoms with Crippen LogP contribution in [0.25, 0.3) is 10.9 Å². The summed E-state index contributed by atoms with van der Waals surface area (Å²) in [6, 6.07) is 6.15. The van der Waals surface area contributed by atoms with E-state index in [1.807, 2.05) is 4.90 Å². The van der Waals surface area contributed by atoms with E-state index in [4.69, 9.17) is 0 Å². The van der Waals surface area contributed by atoms with Crippen molar-refractivity contribution in [1.29, 1.82) is 0 Å². The lowest BCUT2D eigenvalue weighted by Gasteiger charge is -2.30. The average molecular weight is 272 g/mol. The maximum Gasteiger partial charge on any atom is 0.255 e. The van der Waals surface area contributed by atoms with Crippen LogP contribution in [-0.2, 0) is 0 Å². The SMILES string of the molecule is CC1CCCN(C(=O)c2cnc3ccc(F)cc3c2)C1. The monoisotopic (exact) mass is 272 g/mol. The van der Waals surface area contributed by atoms with Crippen LogP contribution in [0.15, 0.2) is 30.5 Å². The minimum Gasteiger partial charge on any atom is -0.338 e. The number of likely N-dealkylation sites (tertiary alicyclic amines) is 1. The number of halogens is 1. The van der Waals surface area contributed by atoms with Crippen molar-refractivity contribution in [2.24, 2.45) is 5.92 Å². The summed E-state index contributed by atoms with van der Waals surface area (Å²) in [7, 11) is 0. The Hall–Kier alpha value is -1.97. The number of amides is 1. The molecule has 1 aliphatic rings. The highest BCUT2D eigenvalue weighted by atomic mass is 19.1. The van der Waals surface area contributed by atoms with Gasteiger partial charge in [0.15, 0.2) is 0 Å². The first kappa shape index (κ1) is 13.0. The van der Waals surface area contributed by atoms with Crippen molar-refractivity contribution in [1.82, 2.24) is 9.88 Å². The Morgan fingerprint density at radius 3 is 3.05 bits per heavy atom. The first-order chi connectivity index (χ1) is 9.63. The molecule has 104 valence electrons. The molecule has 0 saturated carbocycles. The van der Waals surface area contributed by atoms with Crippen LogP contribution >= 0.6 is 0 Å². The first-order valence-electron chi connectivity index (χ1n) is 6.98. The highest BCUT2D eigenvalue weighted by Crippen LogP contribution is 2.20. The van der Waals surface area contributed by atoms with E-state index in [2.05, 4.69) is 11.9 Å². The van der Waals surface area contributed by atoms with Crippen molar-refractivity contribution in [3.8, 4) is 0 Å². The van der Waals surface area contributed by atoms with Gasteiger partial charge in [-0.05, 0) is 43.0 Å². The van der Waals surface area contributed by atoms with Gasteiger partial charge in [-0.25, -0.2) is 4.39 Å². The third-order valence-corrected chi connectivity index (χ3v) is 3.83. The summed E-state index contributed by atoms with van der Waals surface area (Å²) >= 11 is 0. The Morgan fingerprint density at radius 1 is 1.40 bits per heavy atom. The molecule has 1 aromatic carbocycles. The van der Waals surface area contributed by atoms with E-state index in [1.165, 1.54) is 18.6 Å². The van der Waals surface area contributed by atoms with Crippen LogP contribution in [0.4, 0.5) is 4.39 Å². The Labute approximate surface area is 117 Å². The molecule has 2 aromatic rings. The predicted octanol–water partition coefficient (Wildman–Crippen LogP) is 3.25. The molecule has 1 saturated heterocycles. The molecule has 0 aliphatic carbocycles. The lowest BCUT2D eigenvalue weighted by molar-refractivity contribution is 0.0683. The number of rotatable bonds is 1. The Bertz CT molecular complexity index is 656. The summed E-state index contributed by atoms with van der Waals surface area (Å²) in [6.45, 7) is 3.75. The van der Waals surface area contributed by atoms with E-state index in [9.17, 15) is 9.18 Å². The van der Waals surface area contributed by atoms with E-state index in [0.717, 1.165) is 19.5 Å². The second-order valence-electron chi connectivity index (χ2n) is 5.56. The summed E-state index contributed by atoms with van der Waals surface area (Å²) in [5.74, 6) is 0.226. The van der Waals surface area contributed by atoms with E-state index in [0.29, 0.717) is 22.4 Å². The normalized spacial score (nSPS) is 19.3. The summed E-state index contributed by atoms with van der Waals surface area (Å²) in [6.07, 6.45) is 3.80. The molecule has 0 N–H and O–H groups in total. The molecule has 2 heterocycles. The number of nitrogens with zero attached hydrogens (tertiary/aromatic N) is 2. The van der Waals surface area contributed by atoms with Crippen LogP contribution in [-0.4, -0.2) is 28.9 Å². The highest BCUT2D eigenvalue weighted by Gasteiger charge is 2.22. The van der Waals surface area contributed by atoms with Crippen molar-refractivity contribution in [3.63, 3.8) is 0 Å². The van der Waals surface area contributed by atoms with Gasteiger partial charge in [-0.15, -0.1) is 0 Å². The zero-order chi connectivity index (χ0) is 14.1. The van der Waals surface area contributed by atoms with Gasteiger partial charge in [0.25, 0.3) is 5.91 Å². The smallest absolute Gasteiger partial charge is 0.255 e. The quantitative estimate of drug-likeness (QED) is 0.798. The first-order valence-corrected chi connectivity index (χ1v) is 6.98. The number of fused-ring (bicyclic) bond motifs is 1. The van der Waals surface area contributed by atoms with Gasteiger partial charge in [0.2, 0.25) is 0 Å². The topological polar surface area (TPSA) is 33.2 Å². The number of benzene rings is 1. The molecule has 4 heteroatoms. The van der Waals surface area contributed by atoms with Crippen molar-refractivity contribution < 1.29 is 9.18 Å². The van der Waals surface area contributed by atoms with Gasteiger partial charge in [0.05, 0.1) is 11.1 Å². The van der Waals surface area contributed by atoms with Crippen molar-refractivity contribution >= 4 is 16.8 Å². The molecule has 1 aliphatic heterocycles. The minimum absolute atomic E-state index is 0.00443. The zero-order valence-corrected chi connectivity index (χ0v) is 11.5. The third kappa shape index (κ3) is 2.50. The van der Waals surface area contributed by atoms with Gasteiger partial charge < -0.3 is 4.90 Å². The minimum atomic E-state index is -0.310. The van der Waals surface area contributed by atoms with Crippen LogP contribution in [0.3, 0.4) is 0 Å². The molecule has 3 nitrogen and oxygen atoms in total. The van der Waals surface area contributed by atoms with Gasteiger partial charge >= 0.3 is 0 Å². The van der Waals surface area contributed by atoms with Gasteiger partial charge in [-0.1, -0.05) is 6.92 Å². The van der Waals surface area contributed by atoms with Gasteiger partial charge in [-0.3, -0.25) is 9.78 Å². The standard InChI is InChI=1S/C16H17FN2O/c1-11-3-2-6-19(10-11)16(20)13-7-12-8-14(17)4-5-15(12)18-9-13/h4-5,7-9,11H,2-3,6,10H2,1H3. The summed E-state index contributed by atoms with van der Waals surface area (Å²) in [5.41, 5.74) is 1.24. The molecule has 1 amide bonds. The second kappa shape index (κ2) is 5.19. The van der Waals surface area contributed by atoms with E-state index >= 15 is 0 Å². The molecule has 20 heavy (non-hydrogen) atoms. The third-order valence-electron chi connectivity index (χ3n) is 3.83. The second-order valence-corrected chi connectivity index (χ2v) is 5.56. The highest BCUT2D eigenvalue weighted by molar-refractivity contribution is 5.97. The average Bonchev–Trinajstić information content (AvgIpc) is 2.45. The van der Waals surface area contributed by atoms with E-state index in [-0.39, 0.29) is 11.7 Å². The summed E-state index contributed by atoms with van der Waals surface area (Å²) in [5, 5.41) is 0.668. The lowest BCUT2D eigenvalue weighted by atomic mass is 9.99. The Kier molecular flexibility index (Phi) is 3.38. The number of hydrogen-bond acceptors (Lipinski definition) is 2. The number of piperidine rings is 1. The lowest BCUT2D eigenvalue weighted by Crippen LogP contribution is -2.39. The zero-order valence-electron chi connectivity index (χ0n) is 11.5. The molecular formula is C16H17FN2O. The van der Waals surface area contributed by atoms with Crippen molar-refractivity contribution in [2.75, 3.05) is 13.1 Å². The van der Waals surface area contributed by atoms with E-state index in [1.54, 1.807) is 18.3 Å². The molecule has 1 atom stereocenters. The molecule has 1 aromatic heterocycles. The largest absolute Gasteiger partial charge is 0.338 e. The number of hydrogen-bond donors (Lipinski definition) is 0. The predicted molar refractivity (Wildman–Crippen MR) is 76.0 cm³/mol. The van der Waals surface area contributed by atoms with E-state index < -0.39 is 0 Å². The van der Waals surface area contributed by atoms with Gasteiger partial charge in [0.1, 0.15) is 5.82 Å². The maximum atomic E-state index is 13.3. The fourth-order valence-corrected chi connectivity index (χ4v) is 2.78. The van der Waals surface area contributed by atoms with Crippen molar-refractivity contribution in [2.45, 2.75) is 19.8 Å². The van der Waals surface area contributed by atoms with Crippen LogP contribution < -0.4 is 0 Å². The summed E-state index contributed by atoms with van der Waals surface area (Å²) < 4.78 is 13.3.